The quantitative estimate of drug-likeness (QED) is 0.897. The molecule has 0 saturated carbocycles. The van der Waals surface area contributed by atoms with E-state index in [1.54, 1.807) is 0 Å². The molecule has 2 rings (SSSR count). The third-order valence-electron chi connectivity index (χ3n) is 3.28. The van der Waals surface area contributed by atoms with Crippen LogP contribution in [0.2, 0.25) is 0 Å². The van der Waals surface area contributed by atoms with Crippen LogP contribution in [0, 0.1) is 12.8 Å². The Morgan fingerprint density at radius 2 is 2.41 bits per heavy atom. The minimum atomic E-state index is 0.827. The molecule has 1 fully saturated rings. The van der Waals surface area contributed by atoms with E-state index in [1.807, 2.05) is 19.1 Å². The van der Waals surface area contributed by atoms with Gasteiger partial charge in [-0.05, 0) is 73.3 Å². The van der Waals surface area contributed by atoms with Crippen molar-refractivity contribution in [1.29, 1.82) is 0 Å². The highest BCUT2D eigenvalue weighted by molar-refractivity contribution is 9.10. The van der Waals surface area contributed by atoms with Gasteiger partial charge in [0.05, 0.1) is 5.69 Å². The van der Waals surface area contributed by atoms with Crippen LogP contribution in [0.4, 0.5) is 5.82 Å². The third-order valence-corrected chi connectivity index (χ3v) is 4.12. The summed E-state index contributed by atoms with van der Waals surface area (Å²) < 4.78 is 1.07. The molecule has 1 saturated heterocycles. The number of anilines is 1. The van der Waals surface area contributed by atoms with Gasteiger partial charge in [-0.25, -0.2) is 4.98 Å². The molecule has 0 aliphatic carbocycles. The van der Waals surface area contributed by atoms with Crippen molar-refractivity contribution in [3.8, 4) is 0 Å². The molecule has 4 heteroatoms. The Hall–Kier alpha value is -0.610. The van der Waals surface area contributed by atoms with Crippen LogP contribution < -0.4 is 10.6 Å². The average Bonchev–Trinajstić information content (AvgIpc) is 2.35. The monoisotopic (exact) mass is 297 g/mol. The molecule has 2 heterocycles. The Labute approximate surface area is 112 Å². The number of aromatic nitrogens is 1. The second kappa shape index (κ2) is 6.36. The van der Waals surface area contributed by atoms with Crippen LogP contribution in [0.25, 0.3) is 0 Å². The van der Waals surface area contributed by atoms with Gasteiger partial charge in [-0.1, -0.05) is 0 Å². The van der Waals surface area contributed by atoms with Gasteiger partial charge in [0.25, 0.3) is 0 Å². The lowest BCUT2D eigenvalue weighted by molar-refractivity contribution is 0.364. The summed E-state index contributed by atoms with van der Waals surface area (Å²) in [6, 6.07) is 4.07. The Morgan fingerprint density at radius 3 is 3.12 bits per heavy atom. The maximum absolute atomic E-state index is 4.48. The highest BCUT2D eigenvalue weighted by atomic mass is 79.9. The molecule has 0 spiro atoms. The van der Waals surface area contributed by atoms with Crippen molar-refractivity contribution in [3.05, 3.63) is 22.3 Å². The van der Waals surface area contributed by atoms with E-state index in [2.05, 4.69) is 31.5 Å². The molecule has 94 valence electrons. The fraction of sp³-hybridized carbons (Fsp3) is 0.615. The standard InChI is InChI=1S/C13H20BrN3/c1-10-12(14)4-5-13(17-10)16-8-6-11-3-2-7-15-9-11/h4-5,11,15H,2-3,6-9H2,1H3,(H,16,17). The van der Waals surface area contributed by atoms with Gasteiger partial charge in [0.15, 0.2) is 0 Å². The zero-order valence-corrected chi connectivity index (χ0v) is 11.9. The summed E-state index contributed by atoms with van der Waals surface area (Å²) in [5, 5.41) is 6.85. The fourth-order valence-corrected chi connectivity index (χ4v) is 2.44. The summed E-state index contributed by atoms with van der Waals surface area (Å²) in [6.07, 6.45) is 3.91. The topological polar surface area (TPSA) is 37.0 Å². The highest BCUT2D eigenvalue weighted by Gasteiger charge is 2.12. The molecule has 1 aliphatic heterocycles. The number of nitrogens with zero attached hydrogens (tertiary/aromatic N) is 1. The van der Waals surface area contributed by atoms with Crippen molar-refractivity contribution in [2.75, 3.05) is 25.0 Å². The lowest BCUT2D eigenvalue weighted by Gasteiger charge is -2.22. The first-order valence-corrected chi connectivity index (χ1v) is 7.13. The summed E-state index contributed by atoms with van der Waals surface area (Å²) >= 11 is 3.46. The van der Waals surface area contributed by atoms with Crippen LogP contribution >= 0.6 is 15.9 Å². The van der Waals surface area contributed by atoms with E-state index < -0.39 is 0 Å². The highest BCUT2D eigenvalue weighted by Crippen LogP contribution is 2.17. The molecule has 1 aromatic rings. The van der Waals surface area contributed by atoms with E-state index in [1.165, 1.54) is 32.4 Å². The minimum absolute atomic E-state index is 0.827. The van der Waals surface area contributed by atoms with E-state index in [9.17, 15) is 0 Å². The predicted molar refractivity (Wildman–Crippen MR) is 75.4 cm³/mol. The summed E-state index contributed by atoms with van der Waals surface area (Å²) in [5.41, 5.74) is 1.04. The molecular formula is C13H20BrN3. The van der Waals surface area contributed by atoms with Crippen molar-refractivity contribution in [1.82, 2.24) is 10.3 Å². The zero-order valence-electron chi connectivity index (χ0n) is 10.3. The van der Waals surface area contributed by atoms with E-state index in [4.69, 9.17) is 0 Å². The zero-order chi connectivity index (χ0) is 12.1. The molecule has 3 nitrogen and oxygen atoms in total. The Bertz CT molecular complexity index is 362. The smallest absolute Gasteiger partial charge is 0.126 e. The van der Waals surface area contributed by atoms with E-state index in [0.29, 0.717) is 0 Å². The van der Waals surface area contributed by atoms with Crippen LogP contribution in [0.5, 0.6) is 0 Å². The molecule has 17 heavy (non-hydrogen) atoms. The lowest BCUT2D eigenvalue weighted by atomic mass is 9.96. The summed E-state index contributed by atoms with van der Waals surface area (Å²) in [7, 11) is 0. The predicted octanol–water partition coefficient (Wildman–Crippen LogP) is 2.95. The summed E-state index contributed by atoms with van der Waals surface area (Å²) in [5.74, 6) is 1.81. The molecule has 0 amide bonds. The van der Waals surface area contributed by atoms with Gasteiger partial charge in [0.2, 0.25) is 0 Å². The van der Waals surface area contributed by atoms with Crippen molar-refractivity contribution < 1.29 is 0 Å². The fourth-order valence-electron chi connectivity index (χ4n) is 2.22. The first-order chi connectivity index (χ1) is 8.25. The number of aryl methyl sites for hydroxylation is 1. The van der Waals surface area contributed by atoms with E-state index in [-0.39, 0.29) is 0 Å². The number of rotatable bonds is 4. The maximum atomic E-state index is 4.48. The van der Waals surface area contributed by atoms with Crippen molar-refractivity contribution in [2.24, 2.45) is 5.92 Å². The maximum Gasteiger partial charge on any atom is 0.126 e. The normalized spacial score (nSPS) is 20.2. The van der Waals surface area contributed by atoms with Crippen LogP contribution in [0.1, 0.15) is 25.0 Å². The summed E-state index contributed by atoms with van der Waals surface area (Å²) in [6.45, 7) is 5.40. The SMILES string of the molecule is Cc1nc(NCCC2CCCNC2)ccc1Br. The number of nitrogens with one attached hydrogen (secondary N) is 2. The van der Waals surface area contributed by atoms with Gasteiger partial charge in [0.1, 0.15) is 5.82 Å². The molecule has 0 aromatic carbocycles. The largest absolute Gasteiger partial charge is 0.370 e. The molecule has 1 unspecified atom stereocenters. The van der Waals surface area contributed by atoms with Crippen molar-refractivity contribution in [2.45, 2.75) is 26.2 Å². The number of piperidine rings is 1. The van der Waals surface area contributed by atoms with Gasteiger partial charge >= 0.3 is 0 Å². The molecule has 0 radical (unpaired) electrons. The first kappa shape index (κ1) is 12.8. The second-order valence-corrected chi connectivity index (χ2v) is 5.55. The van der Waals surface area contributed by atoms with Crippen LogP contribution in [0.3, 0.4) is 0 Å². The van der Waals surface area contributed by atoms with Gasteiger partial charge in [-0.3, -0.25) is 0 Å². The number of hydrogen-bond acceptors (Lipinski definition) is 3. The summed E-state index contributed by atoms with van der Waals surface area (Å²) in [4.78, 5) is 4.48. The molecular weight excluding hydrogens is 278 g/mol. The number of pyridine rings is 1. The Balaban J connectivity index is 1.75. The molecule has 1 aliphatic rings. The van der Waals surface area contributed by atoms with Crippen LogP contribution in [-0.4, -0.2) is 24.6 Å². The second-order valence-electron chi connectivity index (χ2n) is 4.69. The van der Waals surface area contributed by atoms with Gasteiger partial charge in [-0.2, -0.15) is 0 Å². The van der Waals surface area contributed by atoms with E-state index >= 15 is 0 Å². The third kappa shape index (κ3) is 3.96. The average molecular weight is 298 g/mol. The van der Waals surface area contributed by atoms with Crippen LogP contribution in [0.15, 0.2) is 16.6 Å². The van der Waals surface area contributed by atoms with Crippen molar-refractivity contribution in [3.63, 3.8) is 0 Å². The van der Waals surface area contributed by atoms with Gasteiger partial charge < -0.3 is 10.6 Å². The molecule has 0 bridgehead atoms. The molecule has 1 aromatic heterocycles. The van der Waals surface area contributed by atoms with Crippen LogP contribution in [-0.2, 0) is 0 Å². The number of halogens is 1. The Morgan fingerprint density at radius 1 is 1.53 bits per heavy atom. The van der Waals surface area contributed by atoms with E-state index in [0.717, 1.165) is 28.4 Å². The lowest BCUT2D eigenvalue weighted by Crippen LogP contribution is -2.30. The number of hydrogen-bond donors (Lipinski definition) is 2. The van der Waals surface area contributed by atoms with Gasteiger partial charge in [-0.15, -0.1) is 0 Å². The molecule has 2 N–H and O–H groups in total. The first-order valence-electron chi connectivity index (χ1n) is 6.33. The van der Waals surface area contributed by atoms with Gasteiger partial charge in [0, 0.05) is 11.0 Å². The molecule has 1 atom stereocenters. The van der Waals surface area contributed by atoms with Crippen molar-refractivity contribution >= 4 is 21.7 Å². The Kier molecular flexibility index (Phi) is 4.80. The minimum Gasteiger partial charge on any atom is -0.370 e.